The van der Waals surface area contributed by atoms with Crippen LogP contribution >= 0.6 is 27.3 Å². The van der Waals surface area contributed by atoms with E-state index in [1.807, 2.05) is 17.0 Å². The van der Waals surface area contributed by atoms with Crippen molar-refractivity contribution in [2.45, 2.75) is 20.4 Å². The Morgan fingerprint density at radius 1 is 1.08 bits per heavy atom. The minimum atomic E-state index is 0.0720. The zero-order valence-corrected chi connectivity index (χ0v) is 22.9. The normalized spacial score (nSPS) is 13.9. The van der Waals surface area contributed by atoms with Crippen molar-refractivity contribution in [3.05, 3.63) is 75.2 Å². The van der Waals surface area contributed by atoms with Gasteiger partial charge in [-0.25, -0.2) is 9.97 Å². The molecule has 0 radical (unpaired) electrons. The number of benzene rings is 2. The molecule has 0 saturated carbocycles. The summed E-state index contributed by atoms with van der Waals surface area (Å²) in [5.74, 6) is 1.40. The first-order valence-corrected chi connectivity index (χ1v) is 13.8. The maximum Gasteiger partial charge on any atom is 0.264 e. The Balaban J connectivity index is 1.44. The largest absolute Gasteiger partial charge is 0.378 e. The van der Waals surface area contributed by atoms with Crippen LogP contribution < -0.4 is 4.90 Å². The molecule has 0 aliphatic carbocycles. The first-order valence-electron chi connectivity index (χ1n) is 12.2. The minimum Gasteiger partial charge on any atom is -0.378 e. The lowest BCUT2D eigenvalue weighted by atomic mass is 10.0. The van der Waals surface area contributed by atoms with Gasteiger partial charge in [0.15, 0.2) is 0 Å². The lowest BCUT2D eigenvalue weighted by Gasteiger charge is -2.28. The number of anilines is 1. The predicted molar refractivity (Wildman–Crippen MR) is 150 cm³/mol. The van der Waals surface area contributed by atoms with Crippen molar-refractivity contribution in [1.82, 2.24) is 14.9 Å². The van der Waals surface area contributed by atoms with Crippen LogP contribution in [0.3, 0.4) is 0 Å². The van der Waals surface area contributed by atoms with E-state index in [-0.39, 0.29) is 5.91 Å². The molecule has 3 heterocycles. The van der Waals surface area contributed by atoms with Crippen molar-refractivity contribution in [1.29, 1.82) is 0 Å². The summed E-state index contributed by atoms with van der Waals surface area (Å²) in [5, 5.41) is 1.04. The van der Waals surface area contributed by atoms with Gasteiger partial charge in [-0.05, 0) is 68.9 Å². The highest BCUT2D eigenvalue weighted by atomic mass is 79.9. The van der Waals surface area contributed by atoms with Crippen molar-refractivity contribution in [3.8, 4) is 11.1 Å². The number of nitrogens with zero attached hydrogens (tertiary/aromatic N) is 4. The topological polar surface area (TPSA) is 58.6 Å². The van der Waals surface area contributed by atoms with Crippen molar-refractivity contribution in [2.24, 2.45) is 5.92 Å². The SMILES string of the molecule is CC(C)CN(Cc1cccc(-c2ccc3ncnc(N4CCOCC4)c3c2)c1)C(=O)c1ccc(Br)s1. The molecular weight excluding hydrogens is 536 g/mol. The van der Waals surface area contributed by atoms with E-state index in [0.29, 0.717) is 32.2 Å². The molecule has 0 bridgehead atoms. The Morgan fingerprint density at radius 2 is 1.89 bits per heavy atom. The summed E-state index contributed by atoms with van der Waals surface area (Å²) in [6.07, 6.45) is 1.64. The number of rotatable bonds is 7. The minimum absolute atomic E-state index is 0.0720. The Labute approximate surface area is 224 Å². The number of carbonyl (C=O) groups is 1. The van der Waals surface area contributed by atoms with E-state index < -0.39 is 0 Å². The Hall–Kier alpha value is -2.81. The molecule has 6 nitrogen and oxygen atoms in total. The van der Waals surface area contributed by atoms with Crippen LogP contribution in [-0.4, -0.2) is 53.6 Å². The second-order valence-electron chi connectivity index (χ2n) is 9.41. The van der Waals surface area contributed by atoms with Crippen LogP contribution in [0.25, 0.3) is 22.0 Å². The molecule has 5 rings (SSSR count). The maximum atomic E-state index is 13.3. The average Bonchev–Trinajstić information content (AvgIpc) is 3.34. The van der Waals surface area contributed by atoms with E-state index in [9.17, 15) is 4.79 Å². The van der Waals surface area contributed by atoms with E-state index in [4.69, 9.17) is 4.74 Å². The number of aromatic nitrogens is 2. The molecule has 1 fully saturated rings. The molecule has 0 N–H and O–H groups in total. The summed E-state index contributed by atoms with van der Waals surface area (Å²) >= 11 is 4.96. The molecule has 2 aromatic heterocycles. The highest BCUT2D eigenvalue weighted by Gasteiger charge is 2.20. The highest BCUT2D eigenvalue weighted by molar-refractivity contribution is 9.11. The fourth-order valence-electron chi connectivity index (χ4n) is 4.56. The lowest BCUT2D eigenvalue weighted by molar-refractivity contribution is 0.0727. The number of morpholine rings is 1. The number of halogens is 1. The van der Waals surface area contributed by atoms with Crippen LogP contribution in [0, 0.1) is 5.92 Å². The number of ether oxygens (including phenoxy) is 1. The fraction of sp³-hybridized carbons (Fsp3) is 0.321. The van der Waals surface area contributed by atoms with Gasteiger partial charge in [-0.1, -0.05) is 38.1 Å². The summed E-state index contributed by atoms with van der Waals surface area (Å²) in [6.45, 7) is 8.63. The fourth-order valence-corrected chi connectivity index (χ4v) is 5.92. The van der Waals surface area contributed by atoms with E-state index >= 15 is 0 Å². The Morgan fingerprint density at radius 3 is 2.64 bits per heavy atom. The van der Waals surface area contributed by atoms with Crippen molar-refractivity contribution < 1.29 is 9.53 Å². The van der Waals surface area contributed by atoms with Crippen LogP contribution in [0.2, 0.25) is 0 Å². The molecule has 36 heavy (non-hydrogen) atoms. The van der Waals surface area contributed by atoms with Crippen LogP contribution in [-0.2, 0) is 11.3 Å². The summed E-state index contributed by atoms with van der Waals surface area (Å²) in [6, 6.07) is 18.6. The van der Waals surface area contributed by atoms with Gasteiger partial charge in [0.25, 0.3) is 5.91 Å². The van der Waals surface area contributed by atoms with Gasteiger partial charge in [0, 0.05) is 31.6 Å². The monoisotopic (exact) mass is 564 g/mol. The number of carbonyl (C=O) groups excluding carboxylic acids is 1. The van der Waals surface area contributed by atoms with E-state index in [1.165, 1.54) is 11.3 Å². The van der Waals surface area contributed by atoms with Gasteiger partial charge in [-0.15, -0.1) is 11.3 Å². The quantitative estimate of drug-likeness (QED) is 0.265. The van der Waals surface area contributed by atoms with Crippen molar-refractivity contribution in [3.63, 3.8) is 0 Å². The zero-order chi connectivity index (χ0) is 25.1. The van der Waals surface area contributed by atoms with Gasteiger partial charge in [-0.2, -0.15) is 0 Å². The molecule has 0 atom stereocenters. The number of thiophene rings is 1. The zero-order valence-electron chi connectivity index (χ0n) is 20.5. The van der Waals surface area contributed by atoms with Crippen LogP contribution in [0.4, 0.5) is 5.82 Å². The summed E-state index contributed by atoms with van der Waals surface area (Å²) in [4.78, 5) is 27.4. The van der Waals surface area contributed by atoms with Gasteiger partial charge in [0.1, 0.15) is 12.1 Å². The van der Waals surface area contributed by atoms with Gasteiger partial charge in [-0.3, -0.25) is 4.79 Å². The lowest BCUT2D eigenvalue weighted by Crippen LogP contribution is -2.36. The van der Waals surface area contributed by atoms with Gasteiger partial charge >= 0.3 is 0 Å². The standard InChI is InChI=1S/C28H29BrN4O2S/c1-19(2)16-33(28(34)25-8-9-26(29)36-25)17-20-4-3-5-21(14-20)22-6-7-24-23(15-22)27(31-18-30-24)32-10-12-35-13-11-32/h3-9,14-15,18-19H,10-13,16-17H2,1-2H3. The Kier molecular flexibility index (Phi) is 7.65. The number of hydrogen-bond donors (Lipinski definition) is 0. The van der Waals surface area contributed by atoms with Crippen LogP contribution in [0.1, 0.15) is 29.1 Å². The molecule has 8 heteroatoms. The molecule has 4 aromatic rings. The highest BCUT2D eigenvalue weighted by Crippen LogP contribution is 2.30. The maximum absolute atomic E-state index is 13.3. The second-order valence-corrected chi connectivity index (χ2v) is 11.9. The molecule has 0 spiro atoms. The molecule has 2 aromatic carbocycles. The third-order valence-corrected chi connectivity index (χ3v) is 7.83. The predicted octanol–water partition coefficient (Wildman–Crippen LogP) is 6.26. The van der Waals surface area contributed by atoms with Crippen LogP contribution in [0.5, 0.6) is 0 Å². The summed E-state index contributed by atoms with van der Waals surface area (Å²) < 4.78 is 6.49. The molecule has 1 aliphatic rings. The van der Waals surface area contributed by atoms with Gasteiger partial charge in [0.2, 0.25) is 0 Å². The first-order chi connectivity index (χ1) is 17.5. The molecule has 186 valence electrons. The number of amides is 1. The third-order valence-electron chi connectivity index (χ3n) is 6.22. The van der Waals surface area contributed by atoms with Gasteiger partial charge in [0.05, 0.1) is 27.4 Å². The van der Waals surface area contributed by atoms with E-state index in [0.717, 1.165) is 55.2 Å². The molecule has 0 unspecified atom stereocenters. The number of hydrogen-bond acceptors (Lipinski definition) is 6. The van der Waals surface area contributed by atoms with E-state index in [1.54, 1.807) is 6.33 Å². The first kappa shape index (κ1) is 24.9. The van der Waals surface area contributed by atoms with E-state index in [2.05, 4.69) is 87.1 Å². The Bertz CT molecular complexity index is 1370. The number of fused-ring (bicyclic) bond motifs is 1. The summed E-state index contributed by atoms with van der Waals surface area (Å²) in [7, 11) is 0. The molecular formula is C28H29BrN4O2S. The summed E-state index contributed by atoms with van der Waals surface area (Å²) in [5.41, 5.74) is 4.26. The van der Waals surface area contributed by atoms with Crippen molar-refractivity contribution in [2.75, 3.05) is 37.7 Å². The van der Waals surface area contributed by atoms with Gasteiger partial charge < -0.3 is 14.5 Å². The average molecular weight is 566 g/mol. The third kappa shape index (κ3) is 5.61. The molecule has 1 aliphatic heterocycles. The van der Waals surface area contributed by atoms with Crippen LogP contribution in [0.15, 0.2) is 64.7 Å². The van der Waals surface area contributed by atoms with Crippen molar-refractivity contribution >= 4 is 49.9 Å². The smallest absolute Gasteiger partial charge is 0.264 e. The second kappa shape index (κ2) is 11.1. The molecule has 1 saturated heterocycles. The molecule has 1 amide bonds.